The summed E-state index contributed by atoms with van der Waals surface area (Å²) in [5.74, 6) is -1.06. The predicted octanol–water partition coefficient (Wildman–Crippen LogP) is 2.35. The fraction of sp³-hybridized carbons (Fsp3) is 0.400. The zero-order chi connectivity index (χ0) is 15.5. The molecule has 0 aromatic heterocycles. The van der Waals surface area contributed by atoms with E-state index >= 15 is 0 Å². The van der Waals surface area contributed by atoms with Gasteiger partial charge in [0.05, 0.1) is 4.90 Å². The summed E-state index contributed by atoms with van der Waals surface area (Å²) >= 11 is 0. The molecule has 0 radical (unpaired) electrons. The van der Waals surface area contributed by atoms with Gasteiger partial charge < -0.3 is 5.11 Å². The molecule has 1 N–H and O–H groups in total. The van der Waals surface area contributed by atoms with Gasteiger partial charge in [-0.1, -0.05) is 19.1 Å². The summed E-state index contributed by atoms with van der Waals surface area (Å²) in [5, 5.41) is 8.63. The van der Waals surface area contributed by atoms with E-state index in [0.29, 0.717) is 12.1 Å². The van der Waals surface area contributed by atoms with Gasteiger partial charge in [-0.15, -0.1) is 0 Å². The van der Waals surface area contributed by atoms with Gasteiger partial charge in [-0.05, 0) is 43.0 Å². The van der Waals surface area contributed by atoms with Crippen molar-refractivity contribution >= 4 is 22.1 Å². The molecule has 2 rings (SSSR count). The second-order valence-electron chi connectivity index (χ2n) is 5.09. The lowest BCUT2D eigenvalue weighted by molar-refractivity contribution is -0.131. The summed E-state index contributed by atoms with van der Waals surface area (Å²) in [4.78, 5) is 10.8. The average Bonchev–Trinajstić information content (AvgIpc) is 3.27. The first-order valence-corrected chi connectivity index (χ1v) is 8.42. The van der Waals surface area contributed by atoms with E-state index in [1.54, 1.807) is 22.5 Å². The van der Waals surface area contributed by atoms with Crippen molar-refractivity contribution in [1.29, 1.82) is 0 Å². The lowest BCUT2D eigenvalue weighted by Gasteiger charge is -2.21. The summed E-state index contributed by atoms with van der Waals surface area (Å²) in [6, 6.07) is 6.50. The Bertz CT molecular complexity index is 647. The highest BCUT2D eigenvalue weighted by atomic mass is 32.2. The number of carboxylic acids is 1. The molecule has 1 fully saturated rings. The van der Waals surface area contributed by atoms with E-state index in [-0.39, 0.29) is 10.9 Å². The van der Waals surface area contributed by atoms with Crippen LogP contribution in [-0.4, -0.2) is 36.4 Å². The quantitative estimate of drug-likeness (QED) is 0.785. The summed E-state index contributed by atoms with van der Waals surface area (Å²) in [6.07, 6.45) is 4.99. The maximum atomic E-state index is 12.7. The number of sulfonamides is 1. The normalized spacial score (nSPS) is 15.7. The minimum Gasteiger partial charge on any atom is -0.478 e. The van der Waals surface area contributed by atoms with Crippen LogP contribution in [0.3, 0.4) is 0 Å². The van der Waals surface area contributed by atoms with Gasteiger partial charge in [0.15, 0.2) is 0 Å². The third-order valence-electron chi connectivity index (χ3n) is 3.28. The van der Waals surface area contributed by atoms with E-state index in [1.165, 1.54) is 12.1 Å². The van der Waals surface area contributed by atoms with Crippen LogP contribution in [0.4, 0.5) is 0 Å². The lowest BCUT2D eigenvalue weighted by Crippen LogP contribution is -2.33. The molecule has 1 aliphatic rings. The molecule has 1 aliphatic carbocycles. The van der Waals surface area contributed by atoms with E-state index < -0.39 is 16.0 Å². The number of nitrogens with zero attached hydrogens (tertiary/aromatic N) is 1. The van der Waals surface area contributed by atoms with E-state index in [0.717, 1.165) is 25.3 Å². The number of carbonyl (C=O) groups is 1. The minimum atomic E-state index is -3.51. The molecular formula is C15H19NO4S. The number of aliphatic carboxylic acids is 1. The molecule has 0 aliphatic heterocycles. The number of carboxylic acid groups (broad SMARTS) is 1. The minimum absolute atomic E-state index is 0.119. The first-order chi connectivity index (χ1) is 9.95. The predicted molar refractivity (Wildman–Crippen MR) is 80.3 cm³/mol. The molecule has 1 aromatic rings. The van der Waals surface area contributed by atoms with Crippen molar-refractivity contribution in [1.82, 2.24) is 4.31 Å². The highest BCUT2D eigenvalue weighted by Gasteiger charge is 2.37. The number of hydrogen-bond donors (Lipinski definition) is 1. The molecule has 0 saturated heterocycles. The first-order valence-electron chi connectivity index (χ1n) is 6.98. The number of hydrogen-bond acceptors (Lipinski definition) is 3. The zero-order valence-corrected chi connectivity index (χ0v) is 12.7. The summed E-state index contributed by atoms with van der Waals surface area (Å²) < 4.78 is 26.9. The summed E-state index contributed by atoms with van der Waals surface area (Å²) in [6.45, 7) is 2.47. The number of benzene rings is 1. The van der Waals surface area contributed by atoms with E-state index in [1.807, 2.05) is 6.92 Å². The number of rotatable bonds is 7. The van der Waals surface area contributed by atoms with Crippen LogP contribution in [-0.2, 0) is 14.8 Å². The highest BCUT2D eigenvalue weighted by Crippen LogP contribution is 2.32. The van der Waals surface area contributed by atoms with Crippen molar-refractivity contribution in [2.24, 2.45) is 0 Å². The smallest absolute Gasteiger partial charge is 0.328 e. The van der Waals surface area contributed by atoms with Crippen molar-refractivity contribution in [2.75, 3.05) is 6.54 Å². The Labute approximate surface area is 124 Å². The Balaban J connectivity index is 2.31. The fourth-order valence-corrected chi connectivity index (χ4v) is 4.00. The van der Waals surface area contributed by atoms with Crippen molar-refractivity contribution in [3.8, 4) is 0 Å². The lowest BCUT2D eigenvalue weighted by atomic mass is 10.2. The maximum Gasteiger partial charge on any atom is 0.328 e. The van der Waals surface area contributed by atoms with Gasteiger partial charge in [0.25, 0.3) is 0 Å². The topological polar surface area (TPSA) is 74.7 Å². The van der Waals surface area contributed by atoms with Gasteiger partial charge in [0.1, 0.15) is 0 Å². The molecule has 0 heterocycles. The van der Waals surface area contributed by atoms with E-state index in [2.05, 4.69) is 0 Å². The third kappa shape index (κ3) is 3.92. The SMILES string of the molecule is CCCN(C1CC1)S(=O)(=O)c1cccc(C=CC(=O)O)c1. The Morgan fingerprint density at radius 1 is 1.43 bits per heavy atom. The zero-order valence-electron chi connectivity index (χ0n) is 11.9. The highest BCUT2D eigenvalue weighted by molar-refractivity contribution is 7.89. The van der Waals surface area contributed by atoms with Crippen molar-refractivity contribution in [3.63, 3.8) is 0 Å². The molecule has 21 heavy (non-hydrogen) atoms. The van der Waals surface area contributed by atoms with Crippen molar-refractivity contribution in [3.05, 3.63) is 35.9 Å². The standard InChI is InChI=1S/C15H19NO4S/c1-2-10-16(13-7-8-13)21(19,20)14-5-3-4-12(11-14)6-9-15(17)18/h3-6,9,11,13H,2,7-8,10H2,1H3,(H,17,18). The van der Waals surface area contributed by atoms with E-state index in [4.69, 9.17) is 5.11 Å². The van der Waals surface area contributed by atoms with E-state index in [9.17, 15) is 13.2 Å². The summed E-state index contributed by atoms with van der Waals surface area (Å²) in [7, 11) is -3.51. The van der Waals surface area contributed by atoms with Crippen LogP contribution in [0.2, 0.25) is 0 Å². The molecule has 114 valence electrons. The molecule has 0 unspecified atom stereocenters. The maximum absolute atomic E-state index is 12.7. The second kappa shape index (κ2) is 6.41. The Hall–Kier alpha value is -1.66. The van der Waals surface area contributed by atoms with Crippen molar-refractivity contribution in [2.45, 2.75) is 37.1 Å². The average molecular weight is 309 g/mol. The van der Waals surface area contributed by atoms with Gasteiger partial charge in [0, 0.05) is 18.7 Å². The molecule has 0 atom stereocenters. The molecular weight excluding hydrogens is 290 g/mol. The van der Waals surface area contributed by atoms with Crippen LogP contribution in [0.25, 0.3) is 6.08 Å². The van der Waals surface area contributed by atoms with Gasteiger partial charge in [-0.2, -0.15) is 4.31 Å². The Morgan fingerprint density at radius 2 is 2.14 bits per heavy atom. The second-order valence-corrected chi connectivity index (χ2v) is 6.98. The third-order valence-corrected chi connectivity index (χ3v) is 5.23. The molecule has 0 bridgehead atoms. The van der Waals surface area contributed by atoms with Crippen LogP contribution >= 0.6 is 0 Å². The first kappa shape index (κ1) is 15.7. The molecule has 1 aromatic carbocycles. The van der Waals surface area contributed by atoms with Gasteiger partial charge in [-0.25, -0.2) is 13.2 Å². The molecule has 5 nitrogen and oxygen atoms in total. The van der Waals surface area contributed by atoms with Gasteiger partial charge in [0.2, 0.25) is 10.0 Å². The van der Waals surface area contributed by atoms with Crippen LogP contribution in [0.1, 0.15) is 31.7 Å². The van der Waals surface area contributed by atoms with Gasteiger partial charge >= 0.3 is 5.97 Å². The van der Waals surface area contributed by atoms with Crippen LogP contribution < -0.4 is 0 Å². The van der Waals surface area contributed by atoms with Crippen LogP contribution in [0.5, 0.6) is 0 Å². The largest absolute Gasteiger partial charge is 0.478 e. The van der Waals surface area contributed by atoms with Crippen LogP contribution in [0, 0.1) is 0 Å². The molecule has 1 saturated carbocycles. The molecule has 0 amide bonds. The van der Waals surface area contributed by atoms with Crippen molar-refractivity contribution < 1.29 is 18.3 Å². The van der Waals surface area contributed by atoms with Crippen LogP contribution in [0.15, 0.2) is 35.2 Å². The van der Waals surface area contributed by atoms with Gasteiger partial charge in [-0.3, -0.25) is 0 Å². The Morgan fingerprint density at radius 3 is 2.71 bits per heavy atom. The molecule has 6 heteroatoms. The monoisotopic (exact) mass is 309 g/mol. The fourth-order valence-electron chi connectivity index (χ4n) is 2.16. The molecule has 0 spiro atoms. The summed E-state index contributed by atoms with van der Waals surface area (Å²) in [5.41, 5.74) is 0.561. The Kier molecular flexibility index (Phi) is 4.80.